The number of halogens is 1. The van der Waals surface area contributed by atoms with Crippen molar-refractivity contribution in [3.05, 3.63) is 57.5 Å². The summed E-state index contributed by atoms with van der Waals surface area (Å²) < 4.78 is 12.7. The highest BCUT2D eigenvalue weighted by Gasteiger charge is 2.10. The SMILES string of the molecule is CC(=O)c1cc(C(=O)NCCc2ccc(F)cc2)cs1. The van der Waals surface area contributed by atoms with Crippen LogP contribution in [-0.4, -0.2) is 18.2 Å². The zero-order valence-electron chi connectivity index (χ0n) is 11.0. The molecule has 0 unspecified atom stereocenters. The molecule has 1 heterocycles. The van der Waals surface area contributed by atoms with E-state index in [-0.39, 0.29) is 17.5 Å². The van der Waals surface area contributed by atoms with Crippen LogP contribution in [0.1, 0.15) is 32.5 Å². The molecular formula is C15H14FNO2S. The number of ketones is 1. The Balaban J connectivity index is 1.85. The molecule has 0 atom stereocenters. The quantitative estimate of drug-likeness (QED) is 0.861. The smallest absolute Gasteiger partial charge is 0.252 e. The molecule has 0 fully saturated rings. The van der Waals surface area contributed by atoms with Gasteiger partial charge in [-0.3, -0.25) is 9.59 Å². The summed E-state index contributed by atoms with van der Waals surface area (Å²) in [5.74, 6) is -0.510. The van der Waals surface area contributed by atoms with Gasteiger partial charge in [0.25, 0.3) is 5.91 Å². The number of nitrogens with one attached hydrogen (secondary N) is 1. The van der Waals surface area contributed by atoms with Gasteiger partial charge >= 0.3 is 0 Å². The second-order valence-electron chi connectivity index (χ2n) is 4.39. The molecular weight excluding hydrogens is 277 g/mol. The first-order chi connectivity index (χ1) is 9.56. The number of hydrogen-bond donors (Lipinski definition) is 1. The second kappa shape index (κ2) is 6.43. The van der Waals surface area contributed by atoms with Crippen molar-refractivity contribution < 1.29 is 14.0 Å². The summed E-state index contributed by atoms with van der Waals surface area (Å²) in [5, 5.41) is 4.45. The lowest BCUT2D eigenvalue weighted by Crippen LogP contribution is -2.25. The number of thiophene rings is 1. The topological polar surface area (TPSA) is 46.2 Å². The molecule has 0 radical (unpaired) electrons. The largest absolute Gasteiger partial charge is 0.352 e. The van der Waals surface area contributed by atoms with E-state index in [1.54, 1.807) is 23.6 Å². The Hall–Kier alpha value is -2.01. The highest BCUT2D eigenvalue weighted by molar-refractivity contribution is 7.12. The molecule has 0 saturated heterocycles. The van der Waals surface area contributed by atoms with Gasteiger partial charge in [0.05, 0.1) is 10.4 Å². The van der Waals surface area contributed by atoms with Gasteiger partial charge in [0.1, 0.15) is 5.82 Å². The number of carbonyl (C=O) groups is 2. The number of amides is 1. The zero-order chi connectivity index (χ0) is 14.5. The fraction of sp³-hybridized carbons (Fsp3) is 0.200. The molecule has 0 aliphatic carbocycles. The van der Waals surface area contributed by atoms with Crippen molar-refractivity contribution >= 4 is 23.0 Å². The molecule has 3 nitrogen and oxygen atoms in total. The highest BCUT2D eigenvalue weighted by atomic mass is 32.1. The number of benzene rings is 1. The predicted molar refractivity (Wildman–Crippen MR) is 76.8 cm³/mol. The van der Waals surface area contributed by atoms with Crippen molar-refractivity contribution in [1.29, 1.82) is 0 Å². The van der Waals surface area contributed by atoms with E-state index in [1.165, 1.54) is 30.4 Å². The van der Waals surface area contributed by atoms with E-state index in [4.69, 9.17) is 0 Å². The summed E-state index contributed by atoms with van der Waals surface area (Å²) in [4.78, 5) is 23.6. The second-order valence-corrected chi connectivity index (χ2v) is 5.30. The first-order valence-electron chi connectivity index (χ1n) is 6.18. The van der Waals surface area contributed by atoms with Crippen molar-refractivity contribution in [2.45, 2.75) is 13.3 Å². The molecule has 0 spiro atoms. The van der Waals surface area contributed by atoms with E-state index in [1.807, 2.05) is 0 Å². The molecule has 0 bridgehead atoms. The molecule has 5 heteroatoms. The minimum Gasteiger partial charge on any atom is -0.352 e. The van der Waals surface area contributed by atoms with Crippen LogP contribution in [0.4, 0.5) is 4.39 Å². The third kappa shape index (κ3) is 3.74. The third-order valence-corrected chi connectivity index (χ3v) is 3.85. The Kier molecular flexibility index (Phi) is 4.63. The van der Waals surface area contributed by atoms with Crippen LogP contribution in [0.25, 0.3) is 0 Å². The lowest BCUT2D eigenvalue weighted by Gasteiger charge is -2.04. The van der Waals surface area contributed by atoms with Gasteiger partial charge in [-0.05, 0) is 37.1 Å². The van der Waals surface area contributed by atoms with Gasteiger partial charge in [0, 0.05) is 11.9 Å². The van der Waals surface area contributed by atoms with Crippen LogP contribution in [0.2, 0.25) is 0 Å². The van der Waals surface area contributed by atoms with E-state index in [9.17, 15) is 14.0 Å². The highest BCUT2D eigenvalue weighted by Crippen LogP contribution is 2.15. The summed E-state index contributed by atoms with van der Waals surface area (Å²) in [7, 11) is 0. The summed E-state index contributed by atoms with van der Waals surface area (Å²) in [6, 6.07) is 7.78. The summed E-state index contributed by atoms with van der Waals surface area (Å²) in [6.45, 7) is 1.94. The fourth-order valence-electron chi connectivity index (χ4n) is 1.71. The van der Waals surface area contributed by atoms with Gasteiger partial charge in [-0.1, -0.05) is 12.1 Å². The molecule has 20 heavy (non-hydrogen) atoms. The van der Waals surface area contributed by atoms with Crippen LogP contribution in [0.5, 0.6) is 0 Å². The number of rotatable bonds is 5. The standard InChI is InChI=1S/C15H14FNO2S/c1-10(18)14-8-12(9-20-14)15(19)17-7-6-11-2-4-13(16)5-3-11/h2-5,8-9H,6-7H2,1H3,(H,17,19). The van der Waals surface area contributed by atoms with Crippen molar-refractivity contribution in [2.75, 3.05) is 6.54 Å². The van der Waals surface area contributed by atoms with Gasteiger partial charge in [0.15, 0.2) is 5.78 Å². The normalized spacial score (nSPS) is 10.3. The first-order valence-corrected chi connectivity index (χ1v) is 7.06. The number of hydrogen-bond acceptors (Lipinski definition) is 3. The van der Waals surface area contributed by atoms with Crippen LogP contribution in [0.15, 0.2) is 35.7 Å². The third-order valence-electron chi connectivity index (χ3n) is 2.82. The molecule has 2 rings (SSSR count). The van der Waals surface area contributed by atoms with E-state index in [2.05, 4.69) is 5.32 Å². The van der Waals surface area contributed by atoms with Crippen molar-refractivity contribution in [3.63, 3.8) is 0 Å². The van der Waals surface area contributed by atoms with Crippen LogP contribution in [0.3, 0.4) is 0 Å². The summed E-state index contributed by atoms with van der Waals surface area (Å²) >= 11 is 1.27. The molecule has 0 saturated carbocycles. The van der Waals surface area contributed by atoms with Gasteiger partial charge in [-0.25, -0.2) is 4.39 Å². The molecule has 1 amide bonds. The van der Waals surface area contributed by atoms with Crippen LogP contribution >= 0.6 is 11.3 Å². The van der Waals surface area contributed by atoms with Gasteiger partial charge in [-0.2, -0.15) is 0 Å². The molecule has 1 aromatic heterocycles. The fourth-order valence-corrected chi connectivity index (χ4v) is 2.50. The minimum atomic E-state index is -0.271. The monoisotopic (exact) mass is 291 g/mol. The minimum absolute atomic E-state index is 0.0413. The van der Waals surface area contributed by atoms with Crippen LogP contribution < -0.4 is 5.32 Å². The number of Topliss-reactive ketones (excluding diaryl/α,β-unsaturated/α-hetero) is 1. The van der Waals surface area contributed by atoms with Gasteiger partial charge in [-0.15, -0.1) is 11.3 Å². The Labute approximate surface area is 120 Å². The maximum atomic E-state index is 12.7. The molecule has 104 valence electrons. The Morgan fingerprint density at radius 1 is 1.25 bits per heavy atom. The Morgan fingerprint density at radius 3 is 2.55 bits per heavy atom. The molecule has 1 aromatic carbocycles. The zero-order valence-corrected chi connectivity index (χ0v) is 11.8. The maximum Gasteiger partial charge on any atom is 0.252 e. The van der Waals surface area contributed by atoms with E-state index >= 15 is 0 Å². The van der Waals surface area contributed by atoms with Gasteiger partial charge in [0.2, 0.25) is 0 Å². The van der Waals surface area contributed by atoms with Crippen LogP contribution in [-0.2, 0) is 6.42 Å². The van der Waals surface area contributed by atoms with E-state index in [0.717, 1.165) is 5.56 Å². The Bertz CT molecular complexity index is 619. The average Bonchev–Trinajstić information content (AvgIpc) is 2.91. The van der Waals surface area contributed by atoms with Crippen LogP contribution in [0, 0.1) is 5.82 Å². The van der Waals surface area contributed by atoms with Crippen molar-refractivity contribution in [3.8, 4) is 0 Å². The summed E-state index contributed by atoms with van der Waals surface area (Å²) in [6.07, 6.45) is 0.635. The first kappa shape index (κ1) is 14.4. The summed E-state index contributed by atoms with van der Waals surface area (Å²) in [5.41, 5.74) is 1.46. The lowest BCUT2D eigenvalue weighted by molar-refractivity contribution is 0.0954. The molecule has 0 aliphatic rings. The molecule has 1 N–H and O–H groups in total. The van der Waals surface area contributed by atoms with Gasteiger partial charge < -0.3 is 5.32 Å². The predicted octanol–water partition coefficient (Wildman–Crippen LogP) is 3.06. The van der Waals surface area contributed by atoms with E-state index in [0.29, 0.717) is 23.4 Å². The maximum absolute atomic E-state index is 12.7. The molecule has 2 aromatic rings. The van der Waals surface area contributed by atoms with Crippen molar-refractivity contribution in [2.24, 2.45) is 0 Å². The molecule has 0 aliphatic heterocycles. The van der Waals surface area contributed by atoms with E-state index < -0.39 is 0 Å². The lowest BCUT2D eigenvalue weighted by atomic mass is 10.1. The Morgan fingerprint density at radius 2 is 1.95 bits per heavy atom. The van der Waals surface area contributed by atoms with Crippen molar-refractivity contribution in [1.82, 2.24) is 5.32 Å². The average molecular weight is 291 g/mol. The number of carbonyl (C=O) groups excluding carboxylic acids is 2.